The van der Waals surface area contributed by atoms with E-state index in [2.05, 4.69) is 6.58 Å². The second-order valence-corrected chi connectivity index (χ2v) is 4.91. The molecular weight excluding hydrogens is 292 g/mol. The monoisotopic (exact) mass is 318 g/mol. The SMILES string of the molecule is C=C(/C=C/C=C/c1ccc(OC)c(OC)c1)CCCOCOC. The summed E-state index contributed by atoms with van der Waals surface area (Å²) >= 11 is 0. The molecule has 0 amide bonds. The van der Waals surface area contributed by atoms with Gasteiger partial charge in [-0.1, -0.05) is 42.5 Å². The molecule has 1 rings (SSSR count). The Morgan fingerprint density at radius 3 is 2.57 bits per heavy atom. The predicted molar refractivity (Wildman–Crippen MR) is 93.9 cm³/mol. The Labute approximate surface area is 139 Å². The summed E-state index contributed by atoms with van der Waals surface area (Å²) in [5.41, 5.74) is 2.12. The summed E-state index contributed by atoms with van der Waals surface area (Å²) in [6, 6.07) is 5.81. The Bertz CT molecular complexity index is 532. The van der Waals surface area contributed by atoms with Crippen LogP contribution in [0, 0.1) is 0 Å². The minimum absolute atomic E-state index is 0.344. The highest BCUT2D eigenvalue weighted by molar-refractivity contribution is 5.57. The molecule has 4 nitrogen and oxygen atoms in total. The van der Waals surface area contributed by atoms with E-state index in [1.165, 1.54) is 0 Å². The van der Waals surface area contributed by atoms with Gasteiger partial charge >= 0.3 is 0 Å². The Kier molecular flexibility index (Phi) is 9.52. The second kappa shape index (κ2) is 11.5. The van der Waals surface area contributed by atoms with E-state index < -0.39 is 0 Å². The smallest absolute Gasteiger partial charge is 0.161 e. The molecule has 0 spiro atoms. The van der Waals surface area contributed by atoms with E-state index in [9.17, 15) is 0 Å². The summed E-state index contributed by atoms with van der Waals surface area (Å²) in [6.07, 6.45) is 9.82. The van der Waals surface area contributed by atoms with Crippen molar-refractivity contribution in [3.8, 4) is 11.5 Å². The molecule has 0 fully saturated rings. The standard InChI is InChI=1S/C19H26O4/c1-16(9-7-13-23-15-20-2)8-5-6-10-17-11-12-18(21-3)19(14-17)22-4/h5-6,8,10-12,14H,1,7,9,13,15H2,2-4H3/b8-5+,10-6+. The molecule has 0 saturated heterocycles. The van der Waals surface area contributed by atoms with Crippen molar-refractivity contribution < 1.29 is 18.9 Å². The van der Waals surface area contributed by atoms with Crippen molar-refractivity contribution in [2.45, 2.75) is 12.8 Å². The van der Waals surface area contributed by atoms with Crippen molar-refractivity contribution in [1.29, 1.82) is 0 Å². The molecule has 0 bridgehead atoms. The van der Waals surface area contributed by atoms with E-state index >= 15 is 0 Å². The summed E-state index contributed by atoms with van der Waals surface area (Å²) in [7, 11) is 4.88. The Morgan fingerprint density at radius 2 is 1.87 bits per heavy atom. The van der Waals surface area contributed by atoms with Gasteiger partial charge in [-0.05, 0) is 30.5 Å². The molecule has 1 aromatic carbocycles. The lowest BCUT2D eigenvalue weighted by molar-refractivity contribution is -0.0309. The van der Waals surface area contributed by atoms with Gasteiger partial charge in [0.15, 0.2) is 11.5 Å². The fraction of sp³-hybridized carbons (Fsp3) is 0.368. The summed E-state index contributed by atoms with van der Waals surface area (Å²) < 4.78 is 20.6. The molecule has 0 aliphatic carbocycles. The van der Waals surface area contributed by atoms with E-state index in [0.717, 1.165) is 35.5 Å². The van der Waals surface area contributed by atoms with E-state index in [-0.39, 0.29) is 0 Å². The van der Waals surface area contributed by atoms with Gasteiger partial charge in [0.1, 0.15) is 6.79 Å². The second-order valence-electron chi connectivity index (χ2n) is 4.91. The molecule has 0 heterocycles. The zero-order chi connectivity index (χ0) is 16.9. The average molecular weight is 318 g/mol. The van der Waals surface area contributed by atoms with E-state index in [4.69, 9.17) is 18.9 Å². The first-order chi connectivity index (χ1) is 11.2. The molecule has 0 aromatic heterocycles. The van der Waals surface area contributed by atoms with Crippen molar-refractivity contribution in [2.24, 2.45) is 0 Å². The molecule has 0 aliphatic rings. The highest BCUT2D eigenvalue weighted by Gasteiger charge is 2.02. The van der Waals surface area contributed by atoms with Gasteiger partial charge in [0.2, 0.25) is 0 Å². The maximum atomic E-state index is 5.28. The summed E-state index contributed by atoms with van der Waals surface area (Å²) in [5.74, 6) is 1.45. The van der Waals surface area contributed by atoms with Crippen LogP contribution in [0.25, 0.3) is 6.08 Å². The largest absolute Gasteiger partial charge is 0.493 e. The van der Waals surface area contributed by atoms with Crippen LogP contribution in [0.1, 0.15) is 18.4 Å². The lowest BCUT2D eigenvalue weighted by atomic mass is 10.1. The molecule has 0 N–H and O–H groups in total. The van der Waals surface area contributed by atoms with Gasteiger partial charge in [0, 0.05) is 13.7 Å². The zero-order valence-corrected chi connectivity index (χ0v) is 14.2. The Balaban J connectivity index is 2.41. The predicted octanol–water partition coefficient (Wildman–Crippen LogP) is 4.23. The zero-order valence-electron chi connectivity index (χ0n) is 14.2. The van der Waals surface area contributed by atoms with E-state index in [1.54, 1.807) is 21.3 Å². The van der Waals surface area contributed by atoms with Crippen LogP contribution >= 0.6 is 0 Å². The summed E-state index contributed by atoms with van der Waals surface area (Å²) in [6.45, 7) is 5.05. The van der Waals surface area contributed by atoms with Crippen LogP contribution in [0.3, 0.4) is 0 Å². The molecule has 0 aliphatic heterocycles. The first-order valence-corrected chi connectivity index (χ1v) is 7.52. The van der Waals surface area contributed by atoms with Gasteiger partial charge in [-0.2, -0.15) is 0 Å². The molecule has 0 saturated carbocycles. The molecular formula is C19H26O4. The van der Waals surface area contributed by atoms with Crippen LogP contribution in [0.4, 0.5) is 0 Å². The van der Waals surface area contributed by atoms with Crippen LogP contribution < -0.4 is 9.47 Å². The van der Waals surface area contributed by atoms with Gasteiger partial charge in [0.05, 0.1) is 14.2 Å². The van der Waals surface area contributed by atoms with Crippen LogP contribution in [0.5, 0.6) is 11.5 Å². The first-order valence-electron chi connectivity index (χ1n) is 7.52. The quantitative estimate of drug-likeness (QED) is 0.347. The normalized spacial score (nSPS) is 11.3. The van der Waals surface area contributed by atoms with Gasteiger partial charge in [-0.25, -0.2) is 0 Å². The maximum absolute atomic E-state index is 5.28. The van der Waals surface area contributed by atoms with Crippen molar-refractivity contribution in [3.63, 3.8) is 0 Å². The lowest BCUT2D eigenvalue weighted by Crippen LogP contribution is -1.98. The molecule has 4 heteroatoms. The minimum Gasteiger partial charge on any atom is -0.493 e. The van der Waals surface area contributed by atoms with E-state index in [1.807, 2.05) is 42.5 Å². The topological polar surface area (TPSA) is 36.9 Å². The Hall–Kier alpha value is -2.04. The van der Waals surface area contributed by atoms with Crippen molar-refractivity contribution in [1.82, 2.24) is 0 Å². The third kappa shape index (κ3) is 7.68. The summed E-state index contributed by atoms with van der Waals surface area (Å²) in [4.78, 5) is 0. The number of benzene rings is 1. The molecule has 1 aromatic rings. The van der Waals surface area contributed by atoms with Crippen LogP contribution in [-0.2, 0) is 9.47 Å². The number of ether oxygens (including phenoxy) is 4. The number of hydrogen-bond acceptors (Lipinski definition) is 4. The van der Waals surface area contributed by atoms with Gasteiger partial charge in [-0.15, -0.1) is 0 Å². The first kappa shape index (κ1) is 19.0. The highest BCUT2D eigenvalue weighted by atomic mass is 16.7. The average Bonchev–Trinajstić information content (AvgIpc) is 2.58. The van der Waals surface area contributed by atoms with Crippen LogP contribution in [0.15, 0.2) is 48.6 Å². The van der Waals surface area contributed by atoms with Gasteiger partial charge in [-0.3, -0.25) is 0 Å². The molecule has 23 heavy (non-hydrogen) atoms. The Morgan fingerprint density at radius 1 is 1.09 bits per heavy atom. The summed E-state index contributed by atoms with van der Waals surface area (Å²) in [5, 5.41) is 0. The highest BCUT2D eigenvalue weighted by Crippen LogP contribution is 2.27. The molecule has 0 radical (unpaired) electrons. The number of hydrogen-bond donors (Lipinski definition) is 0. The molecule has 0 atom stereocenters. The van der Waals surface area contributed by atoms with Crippen molar-refractivity contribution >= 4 is 6.08 Å². The fourth-order valence-electron chi connectivity index (χ4n) is 1.94. The lowest BCUT2D eigenvalue weighted by Gasteiger charge is -2.07. The number of rotatable bonds is 11. The van der Waals surface area contributed by atoms with Gasteiger partial charge in [0.25, 0.3) is 0 Å². The van der Waals surface area contributed by atoms with E-state index in [0.29, 0.717) is 13.4 Å². The number of methoxy groups -OCH3 is 3. The van der Waals surface area contributed by atoms with Crippen molar-refractivity contribution in [3.05, 3.63) is 54.1 Å². The molecule has 0 unspecified atom stereocenters. The third-order valence-electron chi connectivity index (χ3n) is 3.13. The molecule has 126 valence electrons. The fourth-order valence-corrected chi connectivity index (χ4v) is 1.94. The van der Waals surface area contributed by atoms with Crippen LogP contribution in [-0.4, -0.2) is 34.7 Å². The van der Waals surface area contributed by atoms with Crippen molar-refractivity contribution in [2.75, 3.05) is 34.7 Å². The van der Waals surface area contributed by atoms with Crippen LogP contribution in [0.2, 0.25) is 0 Å². The third-order valence-corrected chi connectivity index (χ3v) is 3.13. The van der Waals surface area contributed by atoms with Gasteiger partial charge < -0.3 is 18.9 Å². The maximum Gasteiger partial charge on any atom is 0.161 e. The number of allylic oxidation sites excluding steroid dienone is 4. The minimum atomic E-state index is 0.344.